The van der Waals surface area contributed by atoms with E-state index in [0.717, 1.165) is 28.2 Å². The van der Waals surface area contributed by atoms with Crippen LogP contribution in [0.15, 0.2) is 72.8 Å². The number of rotatable bonds is 8. The Balaban J connectivity index is 1.74. The highest BCUT2D eigenvalue weighted by molar-refractivity contribution is 5.76. The Morgan fingerprint density at radius 1 is 0.897 bits per heavy atom. The predicted molar refractivity (Wildman–Crippen MR) is 114 cm³/mol. The normalized spacial score (nSPS) is 11.9. The van der Waals surface area contributed by atoms with E-state index in [2.05, 4.69) is 19.9 Å². The van der Waals surface area contributed by atoms with E-state index in [-0.39, 0.29) is 0 Å². The van der Waals surface area contributed by atoms with Crippen molar-refractivity contribution in [3.63, 3.8) is 0 Å². The molecule has 0 saturated heterocycles. The molecule has 1 atom stereocenters. The van der Waals surface area contributed by atoms with Crippen molar-refractivity contribution in [2.75, 3.05) is 7.11 Å². The number of carboxylic acids is 1. The zero-order valence-corrected chi connectivity index (χ0v) is 17.0. The lowest BCUT2D eigenvalue weighted by Gasteiger charge is -2.15. The number of aliphatic carboxylic acids is 1. The summed E-state index contributed by atoms with van der Waals surface area (Å²) in [6, 6.07) is 22.8. The molecule has 4 heteroatoms. The van der Waals surface area contributed by atoms with Gasteiger partial charge in [0.15, 0.2) is 0 Å². The highest BCUT2D eigenvalue weighted by Crippen LogP contribution is 2.31. The van der Waals surface area contributed by atoms with Crippen molar-refractivity contribution >= 4 is 5.97 Å². The third-order valence-electron chi connectivity index (χ3n) is 4.95. The number of hydrogen-bond acceptors (Lipinski definition) is 3. The highest BCUT2D eigenvalue weighted by atomic mass is 16.5. The SMILES string of the molecule is COc1ccc(C(Cc2ccc(Oc3ccccc3C(C)C)cc2)C(=O)O)cc1. The Bertz CT molecular complexity index is 943. The monoisotopic (exact) mass is 390 g/mol. The minimum Gasteiger partial charge on any atom is -0.497 e. The molecule has 3 rings (SSSR count). The van der Waals surface area contributed by atoms with Gasteiger partial charge in [-0.15, -0.1) is 0 Å². The van der Waals surface area contributed by atoms with Crippen LogP contribution in [0.4, 0.5) is 0 Å². The number of para-hydroxylation sites is 1. The van der Waals surface area contributed by atoms with Crippen LogP contribution in [-0.4, -0.2) is 18.2 Å². The van der Waals surface area contributed by atoms with E-state index in [0.29, 0.717) is 18.1 Å². The van der Waals surface area contributed by atoms with Gasteiger partial charge in [-0.2, -0.15) is 0 Å². The minimum absolute atomic E-state index is 0.367. The van der Waals surface area contributed by atoms with Crippen molar-refractivity contribution in [1.29, 1.82) is 0 Å². The van der Waals surface area contributed by atoms with Crippen molar-refractivity contribution in [2.24, 2.45) is 0 Å². The molecule has 0 radical (unpaired) electrons. The van der Waals surface area contributed by atoms with Gasteiger partial charge in [-0.1, -0.05) is 56.3 Å². The second-order valence-electron chi connectivity index (χ2n) is 7.31. The van der Waals surface area contributed by atoms with Crippen LogP contribution < -0.4 is 9.47 Å². The van der Waals surface area contributed by atoms with Crippen LogP contribution in [0.3, 0.4) is 0 Å². The van der Waals surface area contributed by atoms with Gasteiger partial charge in [-0.3, -0.25) is 4.79 Å². The summed E-state index contributed by atoms with van der Waals surface area (Å²) in [5.74, 6) is 1.19. The Morgan fingerprint density at radius 2 is 1.52 bits per heavy atom. The Labute approximate surface area is 171 Å². The lowest BCUT2D eigenvalue weighted by atomic mass is 9.92. The fourth-order valence-corrected chi connectivity index (χ4v) is 3.29. The van der Waals surface area contributed by atoms with Crippen LogP contribution in [0, 0.1) is 0 Å². The summed E-state index contributed by atoms with van der Waals surface area (Å²) in [4.78, 5) is 11.8. The minimum atomic E-state index is -0.846. The van der Waals surface area contributed by atoms with Gasteiger partial charge in [-0.25, -0.2) is 0 Å². The van der Waals surface area contributed by atoms with Crippen molar-refractivity contribution in [3.05, 3.63) is 89.5 Å². The topological polar surface area (TPSA) is 55.8 Å². The van der Waals surface area contributed by atoms with Gasteiger partial charge in [0.2, 0.25) is 0 Å². The van der Waals surface area contributed by atoms with E-state index in [1.165, 1.54) is 0 Å². The van der Waals surface area contributed by atoms with Gasteiger partial charge < -0.3 is 14.6 Å². The van der Waals surface area contributed by atoms with Crippen LogP contribution in [0.25, 0.3) is 0 Å². The second-order valence-corrected chi connectivity index (χ2v) is 7.31. The molecule has 29 heavy (non-hydrogen) atoms. The first-order valence-electron chi connectivity index (χ1n) is 9.70. The fourth-order valence-electron chi connectivity index (χ4n) is 3.29. The highest BCUT2D eigenvalue weighted by Gasteiger charge is 2.20. The Kier molecular flexibility index (Phi) is 6.55. The first kappa shape index (κ1) is 20.5. The second kappa shape index (κ2) is 9.28. The largest absolute Gasteiger partial charge is 0.497 e. The molecule has 0 aromatic heterocycles. The molecule has 1 unspecified atom stereocenters. The molecule has 1 N–H and O–H groups in total. The smallest absolute Gasteiger partial charge is 0.311 e. The molecule has 4 nitrogen and oxygen atoms in total. The average molecular weight is 390 g/mol. The summed E-state index contributed by atoms with van der Waals surface area (Å²) in [6.45, 7) is 4.27. The van der Waals surface area contributed by atoms with Gasteiger partial charge in [0.05, 0.1) is 13.0 Å². The zero-order valence-electron chi connectivity index (χ0n) is 17.0. The molecule has 0 saturated carbocycles. The van der Waals surface area contributed by atoms with Crippen molar-refractivity contribution < 1.29 is 19.4 Å². The molecule has 0 amide bonds. The van der Waals surface area contributed by atoms with Crippen LogP contribution in [0.2, 0.25) is 0 Å². The molecule has 150 valence electrons. The lowest BCUT2D eigenvalue weighted by molar-refractivity contribution is -0.138. The molecular formula is C25H26O4. The van der Waals surface area contributed by atoms with Crippen LogP contribution >= 0.6 is 0 Å². The van der Waals surface area contributed by atoms with Crippen molar-refractivity contribution in [3.8, 4) is 17.2 Å². The first-order chi connectivity index (χ1) is 14.0. The Hall–Kier alpha value is -3.27. The number of carbonyl (C=O) groups is 1. The summed E-state index contributed by atoms with van der Waals surface area (Å²) in [5.41, 5.74) is 2.85. The molecule has 0 heterocycles. The molecule has 0 aliphatic heterocycles. The number of carboxylic acid groups (broad SMARTS) is 1. The maximum absolute atomic E-state index is 11.8. The van der Waals surface area contributed by atoms with Gasteiger partial charge in [-0.05, 0) is 59.4 Å². The van der Waals surface area contributed by atoms with E-state index in [1.54, 1.807) is 31.4 Å². The van der Waals surface area contributed by atoms with Crippen molar-refractivity contribution in [1.82, 2.24) is 0 Å². The maximum atomic E-state index is 11.8. The first-order valence-corrected chi connectivity index (χ1v) is 9.70. The van der Waals surface area contributed by atoms with E-state index in [1.807, 2.05) is 42.5 Å². The summed E-state index contributed by atoms with van der Waals surface area (Å²) >= 11 is 0. The third kappa shape index (κ3) is 5.17. The fraction of sp³-hybridized carbons (Fsp3) is 0.240. The summed E-state index contributed by atoms with van der Waals surface area (Å²) in [6.07, 6.45) is 0.407. The molecule has 0 fully saturated rings. The Morgan fingerprint density at radius 3 is 2.10 bits per heavy atom. The van der Waals surface area contributed by atoms with Gasteiger partial charge in [0.1, 0.15) is 17.2 Å². The van der Waals surface area contributed by atoms with E-state index < -0.39 is 11.9 Å². The van der Waals surface area contributed by atoms with Crippen molar-refractivity contribution in [2.45, 2.75) is 32.1 Å². The predicted octanol–water partition coefficient (Wildman–Crippen LogP) is 6.02. The number of methoxy groups -OCH3 is 1. The van der Waals surface area contributed by atoms with E-state index in [9.17, 15) is 9.90 Å². The van der Waals surface area contributed by atoms with E-state index in [4.69, 9.17) is 9.47 Å². The molecule has 3 aromatic rings. The molecule has 0 aliphatic rings. The molecule has 0 bridgehead atoms. The number of hydrogen-bond donors (Lipinski definition) is 1. The molecule has 3 aromatic carbocycles. The maximum Gasteiger partial charge on any atom is 0.311 e. The zero-order chi connectivity index (χ0) is 20.8. The number of ether oxygens (including phenoxy) is 2. The van der Waals surface area contributed by atoms with E-state index >= 15 is 0 Å². The summed E-state index contributed by atoms with van der Waals surface area (Å²) in [5, 5.41) is 9.69. The molecular weight excluding hydrogens is 364 g/mol. The van der Waals surface area contributed by atoms with Gasteiger partial charge in [0.25, 0.3) is 0 Å². The average Bonchev–Trinajstić information content (AvgIpc) is 2.73. The van der Waals surface area contributed by atoms with Crippen LogP contribution in [0.1, 0.15) is 42.4 Å². The summed E-state index contributed by atoms with van der Waals surface area (Å²) in [7, 11) is 1.59. The number of benzene rings is 3. The van der Waals surface area contributed by atoms with Crippen LogP contribution in [-0.2, 0) is 11.2 Å². The lowest BCUT2D eigenvalue weighted by Crippen LogP contribution is -2.14. The van der Waals surface area contributed by atoms with Gasteiger partial charge in [0, 0.05) is 0 Å². The third-order valence-corrected chi connectivity index (χ3v) is 4.95. The van der Waals surface area contributed by atoms with Crippen LogP contribution in [0.5, 0.6) is 17.2 Å². The quantitative estimate of drug-likeness (QED) is 0.511. The molecule has 0 spiro atoms. The molecule has 0 aliphatic carbocycles. The standard InChI is InChI=1S/C25H26O4/c1-17(2)22-6-4-5-7-24(22)29-21-12-8-18(9-13-21)16-23(25(26)27)19-10-14-20(28-3)15-11-19/h4-15,17,23H,16H2,1-3H3,(H,26,27). The summed E-state index contributed by atoms with van der Waals surface area (Å²) < 4.78 is 11.2. The van der Waals surface area contributed by atoms with Gasteiger partial charge >= 0.3 is 5.97 Å².